The molecular weight excluding hydrogens is 409 g/mol. The van der Waals surface area contributed by atoms with Gasteiger partial charge < -0.3 is 10.5 Å². The Kier molecular flexibility index (Phi) is 4.32. The molecule has 94 valence electrons. The van der Waals surface area contributed by atoms with E-state index in [1.54, 1.807) is 18.2 Å². The van der Waals surface area contributed by atoms with Gasteiger partial charge in [-0.2, -0.15) is 9.97 Å². The van der Waals surface area contributed by atoms with Crippen LogP contribution in [-0.2, 0) is 0 Å². The lowest BCUT2D eigenvalue weighted by Gasteiger charge is -2.08. The first-order valence-electron chi connectivity index (χ1n) is 4.58. The summed E-state index contributed by atoms with van der Waals surface area (Å²) in [5.74, 6) is 0.633. The van der Waals surface area contributed by atoms with Crippen LogP contribution in [0.1, 0.15) is 0 Å². The van der Waals surface area contributed by atoms with Crippen molar-refractivity contribution in [2.24, 2.45) is 0 Å². The van der Waals surface area contributed by atoms with Gasteiger partial charge in [-0.05, 0) is 37.9 Å². The zero-order valence-electron chi connectivity index (χ0n) is 8.62. The minimum absolute atomic E-state index is 0.0853. The van der Waals surface area contributed by atoms with Gasteiger partial charge >= 0.3 is 6.01 Å². The highest BCUT2D eigenvalue weighted by Crippen LogP contribution is 2.36. The summed E-state index contributed by atoms with van der Waals surface area (Å²) in [6.45, 7) is 0. The second kappa shape index (κ2) is 5.61. The van der Waals surface area contributed by atoms with Gasteiger partial charge in [-0.15, -0.1) is 0 Å². The lowest BCUT2D eigenvalue weighted by molar-refractivity contribution is 0.442. The number of anilines is 1. The molecule has 0 aliphatic rings. The highest BCUT2D eigenvalue weighted by molar-refractivity contribution is 9.10. The summed E-state index contributed by atoms with van der Waals surface area (Å²) >= 11 is 18.4. The van der Waals surface area contributed by atoms with E-state index < -0.39 is 0 Å². The largest absolute Gasteiger partial charge is 0.423 e. The van der Waals surface area contributed by atoms with Crippen molar-refractivity contribution in [1.82, 2.24) is 9.97 Å². The SMILES string of the molecule is Nc1cc(Br)nc(Oc2cc(Cl)c(Br)cc2Cl)n1. The van der Waals surface area contributed by atoms with Crippen LogP contribution in [0.2, 0.25) is 10.0 Å². The van der Waals surface area contributed by atoms with Crippen molar-refractivity contribution in [3.8, 4) is 11.8 Å². The molecule has 1 aromatic carbocycles. The Morgan fingerprint density at radius 1 is 1.06 bits per heavy atom. The number of nitrogens with two attached hydrogens (primary N) is 1. The Hall–Kier alpha value is -0.560. The molecule has 2 rings (SSSR count). The molecule has 1 aromatic heterocycles. The summed E-state index contributed by atoms with van der Waals surface area (Å²) in [7, 11) is 0. The van der Waals surface area contributed by atoms with E-state index in [2.05, 4.69) is 41.8 Å². The van der Waals surface area contributed by atoms with Gasteiger partial charge in [-0.3, -0.25) is 0 Å². The van der Waals surface area contributed by atoms with E-state index in [1.807, 2.05) is 0 Å². The Balaban J connectivity index is 2.36. The minimum atomic E-state index is 0.0853. The molecule has 2 N–H and O–H groups in total. The molecule has 0 fully saturated rings. The molecular formula is C10H5Br2Cl2N3O. The van der Waals surface area contributed by atoms with E-state index in [1.165, 1.54) is 0 Å². The number of hydrogen-bond acceptors (Lipinski definition) is 4. The minimum Gasteiger partial charge on any atom is -0.423 e. The van der Waals surface area contributed by atoms with Crippen LogP contribution in [0, 0.1) is 0 Å². The number of nitrogen functional groups attached to an aromatic ring is 1. The Morgan fingerprint density at radius 2 is 1.78 bits per heavy atom. The van der Waals surface area contributed by atoms with Crippen LogP contribution < -0.4 is 10.5 Å². The van der Waals surface area contributed by atoms with E-state index >= 15 is 0 Å². The number of nitrogens with zero attached hydrogens (tertiary/aromatic N) is 2. The van der Waals surface area contributed by atoms with Crippen LogP contribution in [0.15, 0.2) is 27.3 Å². The maximum absolute atomic E-state index is 6.02. The number of benzene rings is 1. The lowest BCUT2D eigenvalue weighted by Crippen LogP contribution is -1.97. The number of ether oxygens (including phenoxy) is 1. The molecule has 0 unspecified atom stereocenters. The first-order valence-corrected chi connectivity index (χ1v) is 6.92. The molecule has 0 aliphatic carbocycles. The molecule has 8 heteroatoms. The molecule has 0 spiro atoms. The van der Waals surface area contributed by atoms with Crippen LogP contribution in [0.3, 0.4) is 0 Å². The predicted octanol–water partition coefficient (Wildman–Crippen LogP) is 4.68. The first kappa shape index (κ1) is 13.9. The van der Waals surface area contributed by atoms with E-state index in [9.17, 15) is 0 Å². The molecule has 0 bridgehead atoms. The highest BCUT2D eigenvalue weighted by Gasteiger charge is 2.10. The van der Waals surface area contributed by atoms with Crippen molar-refractivity contribution in [3.05, 3.63) is 37.3 Å². The summed E-state index contributed by atoms with van der Waals surface area (Å²) in [6, 6.07) is 4.83. The van der Waals surface area contributed by atoms with Crippen molar-refractivity contribution in [3.63, 3.8) is 0 Å². The highest BCUT2D eigenvalue weighted by atomic mass is 79.9. The lowest BCUT2D eigenvalue weighted by atomic mass is 10.3. The Morgan fingerprint density at radius 3 is 2.44 bits per heavy atom. The normalized spacial score (nSPS) is 10.4. The third-order valence-corrected chi connectivity index (χ3v) is 3.77. The predicted molar refractivity (Wildman–Crippen MR) is 78.4 cm³/mol. The van der Waals surface area contributed by atoms with Crippen molar-refractivity contribution in [1.29, 1.82) is 0 Å². The van der Waals surface area contributed by atoms with E-state index in [4.69, 9.17) is 33.7 Å². The quantitative estimate of drug-likeness (QED) is 0.573. The van der Waals surface area contributed by atoms with Gasteiger partial charge in [0.1, 0.15) is 10.4 Å². The molecule has 1 heterocycles. The molecule has 0 atom stereocenters. The summed E-state index contributed by atoms with van der Waals surface area (Å²) in [5, 5.41) is 0.853. The van der Waals surface area contributed by atoms with Gasteiger partial charge in [0.25, 0.3) is 0 Å². The Labute approximate surface area is 130 Å². The maximum Gasteiger partial charge on any atom is 0.325 e. The van der Waals surface area contributed by atoms with Crippen molar-refractivity contribution in [2.45, 2.75) is 0 Å². The number of rotatable bonds is 2. The first-order chi connectivity index (χ1) is 8.45. The second-order valence-electron chi connectivity index (χ2n) is 3.20. The molecule has 18 heavy (non-hydrogen) atoms. The number of aromatic nitrogens is 2. The van der Waals surface area contributed by atoms with Crippen LogP contribution in [0.5, 0.6) is 11.8 Å². The van der Waals surface area contributed by atoms with Crippen molar-refractivity contribution >= 4 is 60.9 Å². The zero-order chi connectivity index (χ0) is 13.3. The number of hydrogen-bond donors (Lipinski definition) is 1. The third-order valence-electron chi connectivity index (χ3n) is 1.87. The monoisotopic (exact) mass is 411 g/mol. The second-order valence-corrected chi connectivity index (χ2v) is 5.68. The fourth-order valence-electron chi connectivity index (χ4n) is 1.14. The summed E-state index contributed by atoms with van der Waals surface area (Å²) in [6.07, 6.45) is 0. The molecule has 4 nitrogen and oxygen atoms in total. The van der Waals surface area contributed by atoms with Crippen LogP contribution >= 0.6 is 55.1 Å². The molecule has 0 radical (unpaired) electrons. The standard InChI is InChI=1S/C10H5Br2Cl2N3O/c11-4-1-6(14)7(2-5(4)13)18-10-16-8(12)3-9(15)17-10/h1-3H,(H2,15,16,17). The summed E-state index contributed by atoms with van der Waals surface area (Å²) in [5.41, 5.74) is 5.58. The van der Waals surface area contributed by atoms with Gasteiger partial charge in [0.2, 0.25) is 0 Å². The van der Waals surface area contributed by atoms with Gasteiger partial charge in [-0.1, -0.05) is 23.2 Å². The maximum atomic E-state index is 6.02. The molecule has 0 aliphatic heterocycles. The third kappa shape index (κ3) is 3.26. The van der Waals surface area contributed by atoms with E-state index in [0.717, 1.165) is 0 Å². The number of halogens is 4. The van der Waals surface area contributed by atoms with E-state index in [0.29, 0.717) is 24.9 Å². The Bertz CT molecular complexity index is 590. The van der Waals surface area contributed by atoms with Crippen LogP contribution in [-0.4, -0.2) is 9.97 Å². The molecule has 0 saturated carbocycles. The van der Waals surface area contributed by atoms with Crippen molar-refractivity contribution in [2.75, 3.05) is 5.73 Å². The summed E-state index contributed by atoms with van der Waals surface area (Å²) in [4.78, 5) is 7.94. The van der Waals surface area contributed by atoms with E-state index in [-0.39, 0.29) is 11.8 Å². The molecule has 2 aromatic rings. The average Bonchev–Trinajstić information content (AvgIpc) is 2.24. The average molecular weight is 414 g/mol. The van der Waals surface area contributed by atoms with Gasteiger partial charge in [0.15, 0.2) is 5.75 Å². The smallest absolute Gasteiger partial charge is 0.325 e. The van der Waals surface area contributed by atoms with Gasteiger partial charge in [0.05, 0.1) is 10.0 Å². The fraction of sp³-hybridized carbons (Fsp3) is 0. The topological polar surface area (TPSA) is 61.0 Å². The van der Waals surface area contributed by atoms with Crippen molar-refractivity contribution < 1.29 is 4.74 Å². The molecule has 0 amide bonds. The zero-order valence-corrected chi connectivity index (χ0v) is 13.3. The van der Waals surface area contributed by atoms with Gasteiger partial charge in [0, 0.05) is 16.6 Å². The molecule has 0 saturated heterocycles. The van der Waals surface area contributed by atoms with Crippen LogP contribution in [0.4, 0.5) is 5.82 Å². The van der Waals surface area contributed by atoms with Gasteiger partial charge in [-0.25, -0.2) is 0 Å². The summed E-state index contributed by atoms with van der Waals surface area (Å²) < 4.78 is 6.63. The van der Waals surface area contributed by atoms with Crippen LogP contribution in [0.25, 0.3) is 0 Å². The fourth-order valence-corrected chi connectivity index (χ4v) is 2.36.